The minimum Gasteiger partial charge on any atom is -0.485 e. The van der Waals surface area contributed by atoms with E-state index in [-0.39, 0.29) is 0 Å². The molecule has 5 heteroatoms. The van der Waals surface area contributed by atoms with Crippen molar-refractivity contribution in [2.45, 2.75) is 45.9 Å². The van der Waals surface area contributed by atoms with Crippen molar-refractivity contribution in [2.24, 2.45) is 0 Å². The Bertz CT molecular complexity index is 621. The van der Waals surface area contributed by atoms with Gasteiger partial charge in [-0.25, -0.2) is 0 Å². The fourth-order valence-electron chi connectivity index (χ4n) is 2.80. The first-order chi connectivity index (χ1) is 10.3. The van der Waals surface area contributed by atoms with Crippen molar-refractivity contribution in [3.05, 3.63) is 41.0 Å². The molecule has 0 saturated heterocycles. The van der Waals surface area contributed by atoms with E-state index in [2.05, 4.69) is 39.1 Å². The molecule has 0 fully saturated rings. The van der Waals surface area contributed by atoms with Crippen LogP contribution in [0.25, 0.3) is 0 Å². The highest BCUT2D eigenvalue weighted by Gasteiger charge is 2.16. The second kappa shape index (κ2) is 6.26. The van der Waals surface area contributed by atoms with Gasteiger partial charge in [-0.2, -0.15) is 0 Å². The smallest absolute Gasteiger partial charge is 0.171 e. The van der Waals surface area contributed by atoms with E-state index in [1.165, 1.54) is 24.0 Å². The number of aromatic nitrogens is 3. The Hall–Kier alpha value is -1.88. The number of ether oxygens (including phenoxy) is 1. The molecule has 0 unspecified atom stereocenters. The maximum atomic E-state index is 5.99. The molecule has 0 bridgehead atoms. The Morgan fingerprint density at radius 2 is 2.19 bits per heavy atom. The Labute approximate surface area is 125 Å². The molecule has 5 nitrogen and oxygen atoms in total. The topological polar surface area (TPSA) is 52.0 Å². The van der Waals surface area contributed by atoms with Gasteiger partial charge in [-0.05, 0) is 32.9 Å². The second-order valence-electron chi connectivity index (χ2n) is 5.57. The lowest BCUT2D eigenvalue weighted by atomic mass is 10.1. The van der Waals surface area contributed by atoms with Gasteiger partial charge in [0.1, 0.15) is 18.2 Å². The summed E-state index contributed by atoms with van der Waals surface area (Å²) in [6.07, 6.45) is 3.44. The average Bonchev–Trinajstić information content (AvgIpc) is 2.90. The van der Waals surface area contributed by atoms with Gasteiger partial charge in [0.25, 0.3) is 0 Å². The summed E-state index contributed by atoms with van der Waals surface area (Å²) in [5.41, 5.74) is 2.42. The third-order valence-corrected chi connectivity index (χ3v) is 3.88. The molecule has 0 aliphatic carbocycles. The van der Waals surface area contributed by atoms with E-state index in [0.717, 1.165) is 36.9 Å². The highest BCUT2D eigenvalue weighted by Crippen LogP contribution is 2.22. The van der Waals surface area contributed by atoms with Gasteiger partial charge in [-0.3, -0.25) is 0 Å². The van der Waals surface area contributed by atoms with Crippen LogP contribution in [0.5, 0.6) is 5.75 Å². The van der Waals surface area contributed by atoms with Gasteiger partial charge < -0.3 is 14.6 Å². The van der Waals surface area contributed by atoms with Gasteiger partial charge in [0.05, 0.1) is 0 Å². The molecule has 112 valence electrons. The van der Waals surface area contributed by atoms with Crippen LogP contribution in [0.2, 0.25) is 0 Å². The first-order valence-electron chi connectivity index (χ1n) is 7.56. The Morgan fingerprint density at radius 3 is 3.05 bits per heavy atom. The number of hydrogen-bond acceptors (Lipinski definition) is 4. The van der Waals surface area contributed by atoms with Crippen LogP contribution < -0.4 is 10.1 Å². The van der Waals surface area contributed by atoms with E-state index >= 15 is 0 Å². The van der Waals surface area contributed by atoms with E-state index in [1.54, 1.807) is 0 Å². The molecular weight excluding hydrogens is 264 g/mol. The third-order valence-electron chi connectivity index (χ3n) is 3.88. The zero-order valence-corrected chi connectivity index (χ0v) is 12.7. The summed E-state index contributed by atoms with van der Waals surface area (Å²) in [5, 5.41) is 11.7. The van der Waals surface area contributed by atoms with Crippen LogP contribution in [0.3, 0.4) is 0 Å². The Balaban J connectivity index is 1.74. The van der Waals surface area contributed by atoms with Crippen molar-refractivity contribution in [1.82, 2.24) is 20.1 Å². The van der Waals surface area contributed by atoms with Crippen molar-refractivity contribution < 1.29 is 4.74 Å². The van der Waals surface area contributed by atoms with Crippen molar-refractivity contribution >= 4 is 0 Å². The summed E-state index contributed by atoms with van der Waals surface area (Å²) in [4.78, 5) is 0. The van der Waals surface area contributed by atoms with Crippen LogP contribution in [-0.4, -0.2) is 21.8 Å². The zero-order chi connectivity index (χ0) is 14.7. The second-order valence-corrected chi connectivity index (χ2v) is 5.57. The van der Waals surface area contributed by atoms with Gasteiger partial charge in [0, 0.05) is 25.1 Å². The first-order valence-corrected chi connectivity index (χ1v) is 7.56. The number of rotatable bonds is 5. The zero-order valence-electron chi connectivity index (χ0n) is 12.7. The molecule has 21 heavy (non-hydrogen) atoms. The van der Waals surface area contributed by atoms with Crippen LogP contribution in [0.1, 0.15) is 35.6 Å². The number of fused-ring (bicyclic) bond motifs is 1. The fourth-order valence-corrected chi connectivity index (χ4v) is 2.80. The van der Waals surface area contributed by atoms with E-state index in [0.29, 0.717) is 6.61 Å². The van der Waals surface area contributed by atoms with E-state index in [1.807, 2.05) is 13.1 Å². The fraction of sp³-hybridized carbons (Fsp3) is 0.500. The van der Waals surface area contributed by atoms with Gasteiger partial charge in [-0.15, -0.1) is 10.2 Å². The van der Waals surface area contributed by atoms with Gasteiger partial charge in [0.2, 0.25) is 0 Å². The summed E-state index contributed by atoms with van der Waals surface area (Å²) >= 11 is 0. The molecule has 0 saturated carbocycles. The SMILES string of the molecule is CNCc1cc(C)ccc1OCc1nnc2n1CCCC2. The summed E-state index contributed by atoms with van der Waals surface area (Å²) in [5.74, 6) is 2.95. The van der Waals surface area contributed by atoms with Crippen molar-refractivity contribution in [3.63, 3.8) is 0 Å². The van der Waals surface area contributed by atoms with Crippen LogP contribution in [0.15, 0.2) is 18.2 Å². The molecule has 1 aromatic carbocycles. The van der Waals surface area contributed by atoms with Gasteiger partial charge in [0.15, 0.2) is 5.82 Å². The quantitative estimate of drug-likeness (QED) is 0.915. The van der Waals surface area contributed by atoms with Crippen LogP contribution in [-0.2, 0) is 26.1 Å². The monoisotopic (exact) mass is 286 g/mol. The number of hydrogen-bond donors (Lipinski definition) is 1. The third kappa shape index (κ3) is 3.08. The van der Waals surface area contributed by atoms with Crippen molar-refractivity contribution in [2.75, 3.05) is 7.05 Å². The normalized spacial score (nSPS) is 14.0. The molecule has 0 radical (unpaired) electrons. The highest BCUT2D eigenvalue weighted by atomic mass is 16.5. The highest BCUT2D eigenvalue weighted by molar-refractivity contribution is 5.36. The summed E-state index contributed by atoms with van der Waals surface area (Å²) in [6.45, 7) is 4.39. The largest absolute Gasteiger partial charge is 0.485 e. The lowest BCUT2D eigenvalue weighted by molar-refractivity contribution is 0.283. The molecule has 1 N–H and O–H groups in total. The van der Waals surface area contributed by atoms with Gasteiger partial charge in [-0.1, -0.05) is 17.7 Å². The van der Waals surface area contributed by atoms with Gasteiger partial charge >= 0.3 is 0 Å². The first kappa shape index (κ1) is 14.1. The molecule has 2 aromatic rings. The Kier molecular flexibility index (Phi) is 4.20. The molecule has 2 heterocycles. The Morgan fingerprint density at radius 1 is 1.29 bits per heavy atom. The summed E-state index contributed by atoms with van der Waals surface area (Å²) < 4.78 is 8.20. The minimum absolute atomic E-state index is 0.479. The number of benzene rings is 1. The maximum absolute atomic E-state index is 5.99. The maximum Gasteiger partial charge on any atom is 0.171 e. The van der Waals surface area contributed by atoms with E-state index in [9.17, 15) is 0 Å². The molecule has 1 aliphatic rings. The molecule has 3 rings (SSSR count). The standard InChI is InChI=1S/C16H22N4O/c1-12-6-7-14(13(9-12)10-17-2)21-11-16-19-18-15-5-3-4-8-20(15)16/h6-7,9,17H,3-5,8,10-11H2,1-2H3. The average molecular weight is 286 g/mol. The van der Waals surface area contributed by atoms with Crippen LogP contribution in [0, 0.1) is 6.92 Å². The van der Waals surface area contributed by atoms with Crippen LogP contribution >= 0.6 is 0 Å². The molecule has 0 amide bonds. The number of nitrogens with one attached hydrogen (secondary N) is 1. The number of aryl methyl sites for hydroxylation is 2. The van der Waals surface area contributed by atoms with Crippen molar-refractivity contribution in [3.8, 4) is 5.75 Å². The van der Waals surface area contributed by atoms with Crippen LogP contribution in [0.4, 0.5) is 0 Å². The molecule has 0 spiro atoms. The van der Waals surface area contributed by atoms with Crippen molar-refractivity contribution in [1.29, 1.82) is 0 Å². The van der Waals surface area contributed by atoms with E-state index in [4.69, 9.17) is 4.74 Å². The molecule has 0 atom stereocenters. The molecular formula is C16H22N4O. The molecule has 1 aromatic heterocycles. The minimum atomic E-state index is 0.479. The summed E-state index contributed by atoms with van der Waals surface area (Å²) in [7, 11) is 1.95. The predicted molar refractivity (Wildman–Crippen MR) is 81.2 cm³/mol. The predicted octanol–water partition coefficient (Wildman–Crippen LogP) is 2.22. The summed E-state index contributed by atoms with van der Waals surface area (Å²) in [6, 6.07) is 6.27. The number of nitrogens with zero attached hydrogens (tertiary/aromatic N) is 3. The lowest BCUT2D eigenvalue weighted by Gasteiger charge is -2.16. The van der Waals surface area contributed by atoms with E-state index < -0.39 is 0 Å². The molecule has 1 aliphatic heterocycles. The lowest BCUT2D eigenvalue weighted by Crippen LogP contribution is -2.15.